The van der Waals surface area contributed by atoms with Crippen LogP contribution in [-0.2, 0) is 16.8 Å². The molecular weight excluding hydrogens is 402 g/mol. The number of hydrogen-bond donors (Lipinski definition) is 2. The molecule has 1 heterocycles. The fourth-order valence-electron chi connectivity index (χ4n) is 3.85. The fourth-order valence-corrected chi connectivity index (χ4v) is 3.97. The summed E-state index contributed by atoms with van der Waals surface area (Å²) < 4.78 is 1.43. The van der Waals surface area contributed by atoms with Gasteiger partial charge >= 0.3 is 5.69 Å². The molecule has 6 nitrogen and oxygen atoms in total. The molecule has 0 radical (unpaired) electrons. The summed E-state index contributed by atoms with van der Waals surface area (Å²) in [5.41, 5.74) is 0.553. The van der Waals surface area contributed by atoms with Gasteiger partial charge in [0.05, 0.1) is 10.9 Å². The first-order valence-electron chi connectivity index (χ1n) is 10.1. The van der Waals surface area contributed by atoms with Crippen molar-refractivity contribution in [2.45, 2.75) is 45.1 Å². The third-order valence-corrected chi connectivity index (χ3v) is 6.15. The molecule has 0 saturated carbocycles. The Morgan fingerprint density at radius 1 is 1.07 bits per heavy atom. The van der Waals surface area contributed by atoms with Crippen molar-refractivity contribution in [3.8, 4) is 0 Å². The van der Waals surface area contributed by atoms with Crippen molar-refractivity contribution in [3.05, 3.63) is 80.0 Å². The summed E-state index contributed by atoms with van der Waals surface area (Å²) in [4.78, 5) is 39.1. The predicted molar refractivity (Wildman–Crippen MR) is 120 cm³/mol. The molecule has 30 heavy (non-hydrogen) atoms. The molecule has 0 aliphatic heterocycles. The predicted octanol–water partition coefficient (Wildman–Crippen LogP) is 3.61. The molecule has 7 heteroatoms. The number of benzene rings is 2. The molecule has 0 fully saturated rings. The van der Waals surface area contributed by atoms with Gasteiger partial charge in [-0.2, -0.15) is 0 Å². The van der Waals surface area contributed by atoms with Gasteiger partial charge < -0.3 is 5.32 Å². The summed E-state index contributed by atoms with van der Waals surface area (Å²) in [6, 6.07) is 14.6. The number of aryl methyl sites for hydroxylation is 1. The summed E-state index contributed by atoms with van der Waals surface area (Å²) in [5.74, 6) is -0.141. The Hall–Kier alpha value is -2.86. The highest BCUT2D eigenvalue weighted by Crippen LogP contribution is 2.31. The maximum Gasteiger partial charge on any atom is 0.328 e. The molecule has 3 rings (SSSR count). The van der Waals surface area contributed by atoms with E-state index in [1.54, 1.807) is 24.3 Å². The van der Waals surface area contributed by atoms with E-state index in [-0.39, 0.29) is 24.3 Å². The van der Waals surface area contributed by atoms with Crippen LogP contribution >= 0.6 is 11.6 Å². The number of halogens is 1. The minimum Gasteiger partial charge on any atom is -0.355 e. The largest absolute Gasteiger partial charge is 0.355 e. The SMILES string of the molecule is CCC(CC)(CNC(=O)CCn1c(=O)[nH]c(=O)c2ccccc21)c1ccc(Cl)cc1. The first-order chi connectivity index (χ1) is 14.4. The van der Waals surface area contributed by atoms with E-state index in [0.717, 1.165) is 18.4 Å². The molecule has 3 aromatic rings. The average Bonchev–Trinajstić information content (AvgIpc) is 2.75. The number of nitrogens with zero attached hydrogens (tertiary/aromatic N) is 1. The molecule has 1 amide bonds. The van der Waals surface area contributed by atoms with Crippen LogP contribution in [0.4, 0.5) is 0 Å². The van der Waals surface area contributed by atoms with Crippen molar-refractivity contribution < 1.29 is 4.79 Å². The van der Waals surface area contributed by atoms with Gasteiger partial charge in [0, 0.05) is 29.9 Å². The lowest BCUT2D eigenvalue weighted by Crippen LogP contribution is -2.40. The third-order valence-electron chi connectivity index (χ3n) is 5.90. The van der Waals surface area contributed by atoms with Crippen LogP contribution in [0.5, 0.6) is 0 Å². The van der Waals surface area contributed by atoms with E-state index in [1.807, 2.05) is 24.3 Å². The smallest absolute Gasteiger partial charge is 0.328 e. The fraction of sp³-hybridized carbons (Fsp3) is 0.348. The highest BCUT2D eigenvalue weighted by atomic mass is 35.5. The number of hydrogen-bond acceptors (Lipinski definition) is 3. The Kier molecular flexibility index (Phi) is 6.77. The van der Waals surface area contributed by atoms with Crippen molar-refractivity contribution in [2.75, 3.05) is 6.54 Å². The zero-order valence-corrected chi connectivity index (χ0v) is 18.0. The lowest BCUT2D eigenvalue weighted by atomic mass is 9.76. The van der Waals surface area contributed by atoms with Crippen LogP contribution in [0.1, 0.15) is 38.7 Å². The number of aromatic nitrogens is 2. The normalized spacial score (nSPS) is 11.6. The number of carbonyl (C=O) groups is 1. The van der Waals surface area contributed by atoms with Crippen molar-refractivity contribution in [1.29, 1.82) is 0 Å². The summed E-state index contributed by atoms with van der Waals surface area (Å²) in [7, 11) is 0. The highest BCUT2D eigenvalue weighted by molar-refractivity contribution is 6.30. The van der Waals surface area contributed by atoms with Crippen molar-refractivity contribution in [3.63, 3.8) is 0 Å². The Bertz CT molecular complexity index is 1140. The number of fused-ring (bicyclic) bond motifs is 1. The van der Waals surface area contributed by atoms with E-state index in [4.69, 9.17) is 11.6 Å². The molecule has 158 valence electrons. The van der Waals surface area contributed by atoms with Crippen LogP contribution in [0, 0.1) is 0 Å². The summed E-state index contributed by atoms with van der Waals surface area (Å²) in [5, 5.41) is 4.14. The zero-order chi connectivity index (χ0) is 21.7. The lowest BCUT2D eigenvalue weighted by molar-refractivity contribution is -0.121. The number of rotatable bonds is 8. The van der Waals surface area contributed by atoms with E-state index < -0.39 is 11.2 Å². The summed E-state index contributed by atoms with van der Waals surface area (Å²) in [6.07, 6.45) is 1.88. The lowest BCUT2D eigenvalue weighted by Gasteiger charge is -2.32. The standard InChI is InChI=1S/C23H26ClN3O3/c1-3-23(4-2,16-9-11-17(24)12-10-16)15-25-20(28)13-14-27-19-8-6-5-7-18(19)21(29)26-22(27)30/h5-12H,3-4,13-15H2,1-2H3,(H,25,28)(H,26,29,30). The molecule has 0 aliphatic carbocycles. The first-order valence-corrected chi connectivity index (χ1v) is 10.5. The number of para-hydroxylation sites is 1. The second-order valence-electron chi connectivity index (χ2n) is 7.45. The zero-order valence-electron chi connectivity index (χ0n) is 17.2. The second kappa shape index (κ2) is 9.30. The molecule has 0 bridgehead atoms. The van der Waals surface area contributed by atoms with Crippen LogP contribution in [0.25, 0.3) is 10.9 Å². The highest BCUT2D eigenvalue weighted by Gasteiger charge is 2.29. The topological polar surface area (TPSA) is 84.0 Å². The van der Waals surface area contributed by atoms with Crippen LogP contribution in [-0.4, -0.2) is 22.0 Å². The number of nitrogens with one attached hydrogen (secondary N) is 2. The molecule has 0 atom stereocenters. The van der Waals surface area contributed by atoms with Gasteiger partial charge in [-0.15, -0.1) is 0 Å². The third kappa shape index (κ3) is 4.49. The molecule has 1 aromatic heterocycles. The monoisotopic (exact) mass is 427 g/mol. The van der Waals surface area contributed by atoms with Crippen molar-refractivity contribution in [1.82, 2.24) is 14.9 Å². The molecule has 0 unspecified atom stereocenters. The van der Waals surface area contributed by atoms with Crippen LogP contribution in [0.2, 0.25) is 5.02 Å². The minimum absolute atomic E-state index is 0.139. The van der Waals surface area contributed by atoms with Gasteiger partial charge in [0.2, 0.25) is 5.91 Å². The van der Waals surface area contributed by atoms with E-state index >= 15 is 0 Å². The number of H-pyrrole nitrogens is 1. The van der Waals surface area contributed by atoms with Crippen LogP contribution in [0.15, 0.2) is 58.1 Å². The van der Waals surface area contributed by atoms with Crippen LogP contribution < -0.4 is 16.6 Å². The Morgan fingerprint density at radius 3 is 2.40 bits per heavy atom. The average molecular weight is 428 g/mol. The summed E-state index contributed by atoms with van der Waals surface area (Å²) >= 11 is 6.02. The first kappa shape index (κ1) is 21.8. The van der Waals surface area contributed by atoms with Gasteiger partial charge in [0.15, 0.2) is 0 Å². The quantitative estimate of drug-likeness (QED) is 0.576. The second-order valence-corrected chi connectivity index (χ2v) is 7.89. The van der Waals surface area contributed by atoms with E-state index in [1.165, 1.54) is 4.57 Å². The number of aromatic amines is 1. The molecule has 2 N–H and O–H groups in total. The van der Waals surface area contributed by atoms with Gasteiger partial charge in [0.25, 0.3) is 5.56 Å². The van der Waals surface area contributed by atoms with Gasteiger partial charge in [-0.1, -0.05) is 49.7 Å². The maximum absolute atomic E-state index is 12.6. The maximum atomic E-state index is 12.6. The Balaban J connectivity index is 1.72. The molecule has 0 aliphatic rings. The van der Waals surface area contributed by atoms with Crippen molar-refractivity contribution in [2.24, 2.45) is 0 Å². The van der Waals surface area contributed by atoms with E-state index in [9.17, 15) is 14.4 Å². The summed E-state index contributed by atoms with van der Waals surface area (Å²) in [6.45, 7) is 4.91. The Morgan fingerprint density at radius 2 is 1.73 bits per heavy atom. The molecule has 0 spiro atoms. The van der Waals surface area contributed by atoms with Gasteiger partial charge in [-0.25, -0.2) is 4.79 Å². The number of amides is 1. The number of carbonyl (C=O) groups excluding carboxylic acids is 1. The van der Waals surface area contributed by atoms with Gasteiger partial charge in [-0.05, 0) is 42.7 Å². The van der Waals surface area contributed by atoms with Gasteiger partial charge in [0.1, 0.15) is 0 Å². The molecular formula is C23H26ClN3O3. The van der Waals surface area contributed by atoms with E-state index in [2.05, 4.69) is 24.1 Å². The van der Waals surface area contributed by atoms with E-state index in [0.29, 0.717) is 22.5 Å². The molecule has 2 aromatic carbocycles. The molecule has 0 saturated heterocycles. The van der Waals surface area contributed by atoms with Crippen molar-refractivity contribution >= 4 is 28.4 Å². The van der Waals surface area contributed by atoms with Crippen LogP contribution in [0.3, 0.4) is 0 Å². The van der Waals surface area contributed by atoms with Gasteiger partial charge in [-0.3, -0.25) is 19.1 Å². The minimum atomic E-state index is -0.510. The Labute approximate surface area is 179 Å².